The first kappa shape index (κ1) is 18.4. The van der Waals surface area contributed by atoms with Crippen molar-refractivity contribution in [3.8, 4) is 0 Å². The van der Waals surface area contributed by atoms with E-state index in [1.54, 1.807) is 29.3 Å². The predicted octanol–water partition coefficient (Wildman–Crippen LogP) is 4.41. The summed E-state index contributed by atoms with van der Waals surface area (Å²) < 4.78 is 5.57. The zero-order valence-corrected chi connectivity index (χ0v) is 15.8. The lowest BCUT2D eigenvalue weighted by atomic mass is 9.89. The molecule has 1 saturated carbocycles. The summed E-state index contributed by atoms with van der Waals surface area (Å²) in [6.07, 6.45) is 8.95. The molecule has 0 unspecified atom stereocenters. The van der Waals surface area contributed by atoms with Gasteiger partial charge in [0.2, 0.25) is 5.43 Å². The number of para-hydroxylation sites is 1. The summed E-state index contributed by atoms with van der Waals surface area (Å²) in [5, 5.41) is 0.434. The molecule has 0 bridgehead atoms. The summed E-state index contributed by atoms with van der Waals surface area (Å²) in [6.45, 7) is 1.03. The van der Waals surface area contributed by atoms with Gasteiger partial charge in [0.15, 0.2) is 0 Å². The van der Waals surface area contributed by atoms with Crippen molar-refractivity contribution >= 4 is 16.9 Å². The second kappa shape index (κ2) is 8.38. The molecule has 1 fully saturated rings. The quantitative estimate of drug-likeness (QED) is 0.662. The smallest absolute Gasteiger partial charge is 0.261 e. The zero-order valence-electron chi connectivity index (χ0n) is 15.8. The predicted molar refractivity (Wildman–Crippen MR) is 108 cm³/mol. The van der Waals surface area contributed by atoms with Crippen molar-refractivity contribution in [3.05, 3.63) is 76.4 Å². The van der Waals surface area contributed by atoms with Gasteiger partial charge in [0, 0.05) is 12.7 Å². The summed E-state index contributed by atoms with van der Waals surface area (Å²) >= 11 is 0. The molecule has 144 valence electrons. The monoisotopic (exact) mass is 376 g/mol. The number of carbonyl (C=O) groups is 1. The number of amides is 1. The molecule has 2 aromatic heterocycles. The third kappa shape index (κ3) is 3.98. The number of fused-ring (bicyclic) bond motifs is 1. The fraction of sp³-hybridized carbons (Fsp3) is 0.348. The Kier molecular flexibility index (Phi) is 5.51. The molecular formula is C23H24N2O3. The highest BCUT2D eigenvalue weighted by Crippen LogP contribution is 2.25. The van der Waals surface area contributed by atoms with Crippen molar-refractivity contribution in [2.24, 2.45) is 5.92 Å². The minimum absolute atomic E-state index is 0.0884. The van der Waals surface area contributed by atoms with E-state index in [0.717, 1.165) is 18.5 Å². The molecule has 0 radical (unpaired) electrons. The van der Waals surface area contributed by atoms with Gasteiger partial charge in [-0.3, -0.25) is 14.6 Å². The summed E-state index contributed by atoms with van der Waals surface area (Å²) in [5.41, 5.74) is 1.12. The fourth-order valence-electron chi connectivity index (χ4n) is 3.98. The molecule has 28 heavy (non-hydrogen) atoms. The first-order valence-electron chi connectivity index (χ1n) is 9.92. The lowest BCUT2D eigenvalue weighted by Crippen LogP contribution is -2.38. The first-order valence-corrected chi connectivity index (χ1v) is 9.92. The van der Waals surface area contributed by atoms with Gasteiger partial charge in [-0.25, -0.2) is 0 Å². The molecule has 0 N–H and O–H groups in total. The van der Waals surface area contributed by atoms with E-state index in [1.165, 1.54) is 25.5 Å². The van der Waals surface area contributed by atoms with Crippen LogP contribution in [0.1, 0.15) is 48.2 Å². The minimum Gasteiger partial charge on any atom is -0.463 e. The maximum Gasteiger partial charge on any atom is 0.261 e. The summed E-state index contributed by atoms with van der Waals surface area (Å²) in [4.78, 5) is 32.3. The standard InChI is InChI=1S/C23H24N2O3/c26-22-19-11-4-5-12-21(19)28-16-20(22)23(27)25(14-17-8-2-1-3-9-17)15-18-10-6-7-13-24-18/h4-7,10-13,16-17H,1-3,8-9,14-15H2. The second-order valence-corrected chi connectivity index (χ2v) is 7.49. The molecule has 0 aliphatic heterocycles. The number of pyridine rings is 1. The van der Waals surface area contributed by atoms with Crippen LogP contribution in [-0.4, -0.2) is 22.3 Å². The molecule has 0 atom stereocenters. The van der Waals surface area contributed by atoms with E-state index in [-0.39, 0.29) is 16.9 Å². The summed E-state index contributed by atoms with van der Waals surface area (Å²) in [6, 6.07) is 12.7. The number of rotatable bonds is 5. The van der Waals surface area contributed by atoms with Gasteiger partial charge in [-0.1, -0.05) is 37.5 Å². The molecule has 4 rings (SSSR count). The van der Waals surface area contributed by atoms with Crippen LogP contribution in [0.5, 0.6) is 0 Å². The van der Waals surface area contributed by atoms with Crippen molar-refractivity contribution in [2.45, 2.75) is 38.6 Å². The number of hydrogen-bond donors (Lipinski definition) is 0. The van der Waals surface area contributed by atoms with E-state index in [9.17, 15) is 9.59 Å². The molecule has 1 aliphatic rings. The van der Waals surface area contributed by atoms with Crippen LogP contribution >= 0.6 is 0 Å². The molecular weight excluding hydrogens is 352 g/mol. The van der Waals surface area contributed by atoms with Crippen LogP contribution in [0, 0.1) is 5.92 Å². The van der Waals surface area contributed by atoms with E-state index in [4.69, 9.17) is 4.42 Å². The Morgan fingerprint density at radius 2 is 1.86 bits per heavy atom. The number of hydrogen-bond acceptors (Lipinski definition) is 4. The van der Waals surface area contributed by atoms with Gasteiger partial charge in [-0.15, -0.1) is 0 Å². The third-order valence-corrected chi connectivity index (χ3v) is 5.48. The Hall–Kier alpha value is -2.95. The topological polar surface area (TPSA) is 63.4 Å². The van der Waals surface area contributed by atoms with E-state index < -0.39 is 0 Å². The van der Waals surface area contributed by atoms with Crippen LogP contribution in [0.25, 0.3) is 11.0 Å². The molecule has 2 heterocycles. The van der Waals surface area contributed by atoms with Gasteiger partial charge in [-0.05, 0) is 43.0 Å². The van der Waals surface area contributed by atoms with E-state index >= 15 is 0 Å². The molecule has 0 spiro atoms. The second-order valence-electron chi connectivity index (χ2n) is 7.49. The average Bonchev–Trinajstić information content (AvgIpc) is 2.75. The molecule has 5 heteroatoms. The first-order chi connectivity index (χ1) is 13.7. The largest absolute Gasteiger partial charge is 0.463 e. The van der Waals surface area contributed by atoms with E-state index in [0.29, 0.717) is 30.0 Å². The van der Waals surface area contributed by atoms with Crippen molar-refractivity contribution in [2.75, 3.05) is 6.54 Å². The Labute approximate surface area is 164 Å². The maximum absolute atomic E-state index is 13.3. The zero-order chi connectivity index (χ0) is 19.3. The van der Waals surface area contributed by atoms with Gasteiger partial charge in [0.05, 0.1) is 17.6 Å². The number of nitrogens with zero attached hydrogens (tertiary/aromatic N) is 2. The molecule has 1 aliphatic carbocycles. The Morgan fingerprint density at radius 3 is 2.64 bits per heavy atom. The Morgan fingerprint density at radius 1 is 1.07 bits per heavy atom. The molecule has 5 nitrogen and oxygen atoms in total. The van der Waals surface area contributed by atoms with Crippen molar-refractivity contribution in [3.63, 3.8) is 0 Å². The highest BCUT2D eigenvalue weighted by molar-refractivity contribution is 5.96. The van der Waals surface area contributed by atoms with E-state index in [1.807, 2.05) is 24.3 Å². The highest BCUT2D eigenvalue weighted by atomic mass is 16.3. The molecule has 1 amide bonds. The van der Waals surface area contributed by atoms with Crippen LogP contribution in [0.2, 0.25) is 0 Å². The van der Waals surface area contributed by atoms with Crippen molar-refractivity contribution < 1.29 is 9.21 Å². The summed E-state index contributed by atoms with van der Waals surface area (Å²) in [5.74, 6) is 0.185. The minimum atomic E-state index is -0.282. The van der Waals surface area contributed by atoms with Gasteiger partial charge in [0.25, 0.3) is 5.91 Å². The number of benzene rings is 1. The SMILES string of the molecule is O=C(c1coc2ccccc2c1=O)N(Cc1ccccn1)CC1CCCCC1. The van der Waals surface area contributed by atoms with Crippen LogP contribution < -0.4 is 5.43 Å². The van der Waals surface area contributed by atoms with E-state index in [2.05, 4.69) is 4.98 Å². The van der Waals surface area contributed by atoms with Crippen molar-refractivity contribution in [1.82, 2.24) is 9.88 Å². The van der Waals surface area contributed by atoms with Crippen molar-refractivity contribution in [1.29, 1.82) is 0 Å². The Balaban J connectivity index is 1.65. The molecule has 0 saturated heterocycles. The van der Waals surface area contributed by atoms with Crippen LogP contribution in [0.3, 0.4) is 0 Å². The maximum atomic E-state index is 13.3. The lowest BCUT2D eigenvalue weighted by Gasteiger charge is -2.29. The normalized spacial score (nSPS) is 14.9. The Bertz CT molecular complexity index is 1010. The van der Waals surface area contributed by atoms with Crippen LogP contribution in [0.15, 0.2) is 64.1 Å². The van der Waals surface area contributed by atoms with Gasteiger partial charge >= 0.3 is 0 Å². The van der Waals surface area contributed by atoms with Gasteiger partial charge in [0.1, 0.15) is 17.4 Å². The number of carbonyl (C=O) groups excluding carboxylic acids is 1. The lowest BCUT2D eigenvalue weighted by molar-refractivity contribution is 0.0693. The van der Waals surface area contributed by atoms with Crippen LogP contribution in [-0.2, 0) is 6.54 Å². The average molecular weight is 376 g/mol. The van der Waals surface area contributed by atoms with Crippen LogP contribution in [0.4, 0.5) is 0 Å². The number of aromatic nitrogens is 1. The molecule has 3 aromatic rings. The fourth-order valence-corrected chi connectivity index (χ4v) is 3.98. The molecule has 1 aromatic carbocycles. The van der Waals surface area contributed by atoms with Gasteiger partial charge < -0.3 is 9.32 Å². The summed E-state index contributed by atoms with van der Waals surface area (Å²) in [7, 11) is 0. The third-order valence-electron chi connectivity index (χ3n) is 5.48. The highest BCUT2D eigenvalue weighted by Gasteiger charge is 2.25. The van der Waals surface area contributed by atoms with Gasteiger partial charge in [-0.2, -0.15) is 0 Å².